The van der Waals surface area contributed by atoms with E-state index in [0.717, 1.165) is 0 Å². The summed E-state index contributed by atoms with van der Waals surface area (Å²) in [5, 5.41) is 12.1. The average molecular weight is 257 g/mol. The molecule has 84 valence electrons. The second-order valence-electron chi connectivity index (χ2n) is 3.25. The summed E-state index contributed by atoms with van der Waals surface area (Å²) in [6.45, 7) is 0. The number of hydrogen-bond donors (Lipinski definition) is 1. The number of anilines is 1. The van der Waals surface area contributed by atoms with E-state index in [9.17, 15) is 0 Å². The molecule has 0 aliphatic heterocycles. The van der Waals surface area contributed by atoms with Crippen molar-refractivity contribution in [1.82, 2.24) is 14.8 Å². The Labute approximate surface area is 103 Å². The number of rotatable bonds is 2. The molecule has 0 saturated carbocycles. The van der Waals surface area contributed by atoms with Crippen molar-refractivity contribution in [1.29, 1.82) is 0 Å². The first kappa shape index (κ1) is 11.2. The number of halogens is 2. The maximum absolute atomic E-state index is 6.10. The lowest BCUT2D eigenvalue weighted by Crippen LogP contribution is -2.00. The maximum Gasteiger partial charge on any atom is 0.224 e. The third-order valence-corrected chi connectivity index (χ3v) is 2.91. The number of benzene rings is 1. The van der Waals surface area contributed by atoms with Crippen LogP contribution in [0.2, 0.25) is 10.0 Å². The summed E-state index contributed by atoms with van der Waals surface area (Å²) in [5.41, 5.74) is 0.697. The van der Waals surface area contributed by atoms with Crippen LogP contribution >= 0.6 is 23.2 Å². The molecule has 6 heteroatoms. The van der Waals surface area contributed by atoms with Crippen molar-refractivity contribution in [3.05, 3.63) is 28.2 Å². The zero-order valence-corrected chi connectivity index (χ0v) is 10.3. The maximum atomic E-state index is 6.10. The Morgan fingerprint density at radius 3 is 2.31 bits per heavy atom. The van der Waals surface area contributed by atoms with Crippen molar-refractivity contribution in [2.75, 3.05) is 12.4 Å². The van der Waals surface area contributed by atoms with E-state index >= 15 is 0 Å². The van der Waals surface area contributed by atoms with Crippen molar-refractivity contribution >= 4 is 29.2 Å². The number of nitrogens with zero attached hydrogens (tertiary/aromatic N) is 3. The largest absolute Gasteiger partial charge is 0.357 e. The average Bonchev–Trinajstić information content (AvgIpc) is 2.60. The lowest BCUT2D eigenvalue weighted by Gasteiger charge is -2.06. The molecular formula is C10H10Cl2N4. The minimum Gasteiger partial charge on any atom is -0.357 e. The molecule has 0 aliphatic rings. The van der Waals surface area contributed by atoms with Crippen molar-refractivity contribution in [2.45, 2.75) is 0 Å². The van der Waals surface area contributed by atoms with Crippen LogP contribution in [0.5, 0.6) is 0 Å². The van der Waals surface area contributed by atoms with Gasteiger partial charge in [0.05, 0.1) is 15.6 Å². The van der Waals surface area contributed by atoms with Crippen LogP contribution < -0.4 is 5.32 Å². The molecule has 16 heavy (non-hydrogen) atoms. The van der Waals surface area contributed by atoms with E-state index < -0.39 is 0 Å². The van der Waals surface area contributed by atoms with Crippen molar-refractivity contribution in [3.63, 3.8) is 0 Å². The van der Waals surface area contributed by atoms with E-state index in [1.165, 1.54) is 0 Å². The van der Waals surface area contributed by atoms with Crippen LogP contribution in [0.1, 0.15) is 0 Å². The Balaban J connectivity index is 2.63. The van der Waals surface area contributed by atoms with Gasteiger partial charge in [0.25, 0.3) is 0 Å². The van der Waals surface area contributed by atoms with Gasteiger partial charge in [-0.2, -0.15) is 0 Å². The van der Waals surface area contributed by atoms with Gasteiger partial charge in [0, 0.05) is 14.1 Å². The van der Waals surface area contributed by atoms with E-state index in [-0.39, 0.29) is 0 Å². The fourth-order valence-electron chi connectivity index (χ4n) is 1.48. The minimum absolute atomic E-state index is 0.561. The third kappa shape index (κ3) is 1.74. The predicted molar refractivity (Wildman–Crippen MR) is 66.0 cm³/mol. The molecule has 0 bridgehead atoms. The Bertz CT molecular complexity index is 501. The molecule has 0 spiro atoms. The highest BCUT2D eigenvalue weighted by molar-refractivity contribution is 6.39. The van der Waals surface area contributed by atoms with Gasteiger partial charge < -0.3 is 5.32 Å². The summed E-state index contributed by atoms with van der Waals surface area (Å²) in [6, 6.07) is 5.34. The summed E-state index contributed by atoms with van der Waals surface area (Å²) in [6.07, 6.45) is 0. The quantitative estimate of drug-likeness (QED) is 0.899. The monoisotopic (exact) mass is 256 g/mol. The molecular weight excluding hydrogens is 247 g/mol. The smallest absolute Gasteiger partial charge is 0.224 e. The lowest BCUT2D eigenvalue weighted by molar-refractivity contribution is 0.925. The highest BCUT2D eigenvalue weighted by Gasteiger charge is 2.15. The minimum atomic E-state index is 0.561. The molecule has 2 rings (SSSR count). The lowest BCUT2D eigenvalue weighted by atomic mass is 10.2. The van der Waals surface area contributed by atoms with Gasteiger partial charge in [0.2, 0.25) is 5.95 Å². The standard InChI is InChI=1S/C10H10Cl2N4/c1-13-10-15-14-9(16(10)2)8-6(11)4-3-5-7(8)12/h3-5H,1-2H3,(H,13,15). The van der Waals surface area contributed by atoms with Crippen LogP contribution in [-0.2, 0) is 7.05 Å². The Kier molecular flexibility index (Phi) is 3.03. The SMILES string of the molecule is CNc1nnc(-c2c(Cl)cccc2Cl)n1C. The first-order chi connectivity index (χ1) is 7.65. The van der Waals surface area contributed by atoms with Crippen molar-refractivity contribution in [2.24, 2.45) is 7.05 Å². The third-order valence-electron chi connectivity index (χ3n) is 2.28. The molecule has 0 radical (unpaired) electrons. The molecule has 4 nitrogen and oxygen atoms in total. The van der Waals surface area contributed by atoms with Crippen LogP contribution in [0.3, 0.4) is 0 Å². The molecule has 1 N–H and O–H groups in total. The molecule has 0 fully saturated rings. The van der Waals surface area contributed by atoms with Gasteiger partial charge in [-0.15, -0.1) is 10.2 Å². The van der Waals surface area contributed by atoms with Gasteiger partial charge in [0.15, 0.2) is 5.82 Å². The molecule has 0 atom stereocenters. The molecule has 1 aromatic carbocycles. The normalized spacial score (nSPS) is 10.5. The van der Waals surface area contributed by atoms with Gasteiger partial charge >= 0.3 is 0 Å². The first-order valence-electron chi connectivity index (χ1n) is 4.66. The molecule has 1 heterocycles. The molecule has 0 aliphatic carbocycles. The summed E-state index contributed by atoms with van der Waals surface area (Å²) in [4.78, 5) is 0. The summed E-state index contributed by atoms with van der Waals surface area (Å²) < 4.78 is 1.80. The highest BCUT2D eigenvalue weighted by atomic mass is 35.5. The fraction of sp³-hybridized carbons (Fsp3) is 0.200. The van der Waals surface area contributed by atoms with E-state index in [1.807, 2.05) is 7.05 Å². The van der Waals surface area contributed by atoms with Crippen molar-refractivity contribution in [3.8, 4) is 11.4 Å². The molecule has 0 amide bonds. The molecule has 0 saturated heterocycles. The highest BCUT2D eigenvalue weighted by Crippen LogP contribution is 2.33. The number of aromatic nitrogens is 3. The Morgan fingerprint density at radius 2 is 1.81 bits per heavy atom. The first-order valence-corrected chi connectivity index (χ1v) is 5.42. The summed E-state index contributed by atoms with van der Waals surface area (Å²) in [7, 11) is 3.63. The van der Waals surface area contributed by atoms with Gasteiger partial charge in [-0.25, -0.2) is 0 Å². The van der Waals surface area contributed by atoms with Crippen LogP contribution in [-0.4, -0.2) is 21.8 Å². The van der Waals surface area contributed by atoms with E-state index in [2.05, 4.69) is 15.5 Å². The zero-order valence-electron chi connectivity index (χ0n) is 8.83. The zero-order chi connectivity index (χ0) is 11.7. The van der Waals surface area contributed by atoms with Crippen LogP contribution in [0.15, 0.2) is 18.2 Å². The predicted octanol–water partition coefficient (Wildman–Crippen LogP) is 2.83. The Hall–Kier alpha value is -1.26. The van der Waals surface area contributed by atoms with Crippen LogP contribution in [0.25, 0.3) is 11.4 Å². The van der Waals surface area contributed by atoms with E-state index in [4.69, 9.17) is 23.2 Å². The molecule has 1 aromatic heterocycles. The topological polar surface area (TPSA) is 42.7 Å². The van der Waals surface area contributed by atoms with Crippen molar-refractivity contribution < 1.29 is 0 Å². The van der Waals surface area contributed by atoms with Crippen LogP contribution in [0.4, 0.5) is 5.95 Å². The summed E-state index contributed by atoms with van der Waals surface area (Å²) >= 11 is 12.2. The Morgan fingerprint density at radius 1 is 1.19 bits per heavy atom. The number of nitrogens with one attached hydrogen (secondary N) is 1. The van der Waals surface area contributed by atoms with E-state index in [1.54, 1.807) is 29.8 Å². The van der Waals surface area contributed by atoms with Gasteiger partial charge in [-0.1, -0.05) is 29.3 Å². The van der Waals surface area contributed by atoms with Gasteiger partial charge in [-0.3, -0.25) is 4.57 Å². The van der Waals surface area contributed by atoms with E-state index in [0.29, 0.717) is 27.4 Å². The second-order valence-corrected chi connectivity index (χ2v) is 4.07. The summed E-state index contributed by atoms with van der Waals surface area (Å²) in [5.74, 6) is 1.30. The van der Waals surface area contributed by atoms with Crippen LogP contribution in [0, 0.1) is 0 Å². The van der Waals surface area contributed by atoms with Gasteiger partial charge in [-0.05, 0) is 12.1 Å². The number of hydrogen-bond acceptors (Lipinski definition) is 3. The fourth-order valence-corrected chi connectivity index (χ4v) is 2.04. The molecule has 0 unspecified atom stereocenters. The molecule has 2 aromatic rings. The van der Waals surface area contributed by atoms with Gasteiger partial charge in [0.1, 0.15) is 0 Å². The second kappa shape index (κ2) is 4.31.